The number of aromatic nitrogens is 1. The lowest BCUT2D eigenvalue weighted by Crippen LogP contribution is -2.24. The number of hydrogen-bond donors (Lipinski definition) is 1. The molecule has 1 heterocycles. The molecule has 1 aliphatic rings. The molecule has 0 radical (unpaired) electrons. The van der Waals surface area contributed by atoms with Crippen molar-refractivity contribution in [3.63, 3.8) is 0 Å². The smallest absolute Gasteiger partial charge is 0.309 e. The molecule has 0 amide bonds. The average molecular weight is 278 g/mol. The van der Waals surface area contributed by atoms with Gasteiger partial charge in [-0.3, -0.25) is 0 Å². The monoisotopic (exact) mass is 278 g/mol. The molecule has 1 aromatic rings. The third kappa shape index (κ3) is 3.45. The van der Waals surface area contributed by atoms with Gasteiger partial charge in [-0.1, -0.05) is 6.92 Å². The number of alkyl halides is 3. The molecule has 0 spiro atoms. The van der Waals surface area contributed by atoms with Crippen molar-refractivity contribution < 1.29 is 13.2 Å². The second kappa shape index (κ2) is 5.57. The van der Waals surface area contributed by atoms with Crippen LogP contribution in [0.25, 0.3) is 0 Å². The number of fused-ring (bicyclic) bond motifs is 1. The first-order valence-corrected chi connectivity index (χ1v) is 7.10. The summed E-state index contributed by atoms with van der Waals surface area (Å²) in [6, 6.07) is 0.202. The van der Waals surface area contributed by atoms with Gasteiger partial charge in [-0.25, -0.2) is 4.98 Å². The molecule has 0 saturated heterocycles. The van der Waals surface area contributed by atoms with Gasteiger partial charge in [0, 0.05) is 10.9 Å². The topological polar surface area (TPSA) is 24.9 Å². The zero-order valence-corrected chi connectivity index (χ0v) is 11.1. The first kappa shape index (κ1) is 13.8. The first-order valence-electron chi connectivity index (χ1n) is 6.28. The van der Waals surface area contributed by atoms with Crippen LogP contribution in [-0.4, -0.2) is 17.7 Å². The summed E-state index contributed by atoms with van der Waals surface area (Å²) >= 11 is 1.23. The van der Waals surface area contributed by atoms with E-state index >= 15 is 0 Å². The molecule has 2 rings (SSSR count). The van der Waals surface area contributed by atoms with Crippen LogP contribution in [0.15, 0.2) is 0 Å². The Morgan fingerprint density at radius 2 is 2.22 bits per heavy atom. The van der Waals surface area contributed by atoms with Crippen LogP contribution in [0, 0.1) is 0 Å². The molecular formula is C12H17F3N2S. The molecule has 1 aromatic heterocycles. The van der Waals surface area contributed by atoms with Crippen molar-refractivity contribution in [3.8, 4) is 0 Å². The number of thiazole rings is 1. The van der Waals surface area contributed by atoms with Crippen LogP contribution < -0.4 is 5.32 Å². The van der Waals surface area contributed by atoms with E-state index in [-0.39, 0.29) is 11.0 Å². The van der Waals surface area contributed by atoms with Crippen LogP contribution in [0.2, 0.25) is 0 Å². The van der Waals surface area contributed by atoms with Gasteiger partial charge in [-0.2, -0.15) is 13.2 Å². The maximum atomic E-state index is 12.4. The standard InChI is InChI=1S/C12H17F3N2S/c1-2-6-16-8-4-3-5-9-11(8)18-10(17-9)7-12(13,14)15/h8,16H,2-7H2,1H3. The zero-order valence-electron chi connectivity index (χ0n) is 10.3. The number of halogens is 3. The summed E-state index contributed by atoms with van der Waals surface area (Å²) in [5.41, 5.74) is 0.874. The fourth-order valence-corrected chi connectivity index (χ4v) is 3.49. The minimum atomic E-state index is -4.16. The fraction of sp³-hybridized carbons (Fsp3) is 0.750. The second-order valence-electron chi connectivity index (χ2n) is 4.61. The number of aryl methyl sites for hydroxylation is 1. The highest BCUT2D eigenvalue weighted by atomic mass is 32.1. The molecule has 1 unspecified atom stereocenters. The number of rotatable bonds is 4. The minimum absolute atomic E-state index is 0.202. The van der Waals surface area contributed by atoms with Crippen LogP contribution in [0.3, 0.4) is 0 Å². The lowest BCUT2D eigenvalue weighted by atomic mass is 9.98. The van der Waals surface area contributed by atoms with E-state index in [1.807, 2.05) is 0 Å². The molecular weight excluding hydrogens is 261 g/mol. The zero-order chi connectivity index (χ0) is 13.2. The van der Waals surface area contributed by atoms with Gasteiger partial charge in [0.1, 0.15) is 5.01 Å². The van der Waals surface area contributed by atoms with E-state index < -0.39 is 12.6 Å². The normalized spacial score (nSPS) is 19.9. The second-order valence-corrected chi connectivity index (χ2v) is 5.72. The quantitative estimate of drug-likeness (QED) is 0.909. The van der Waals surface area contributed by atoms with Gasteiger partial charge >= 0.3 is 6.18 Å². The summed E-state index contributed by atoms with van der Waals surface area (Å²) in [4.78, 5) is 5.18. The number of hydrogen-bond acceptors (Lipinski definition) is 3. The summed E-state index contributed by atoms with van der Waals surface area (Å²) in [6.07, 6.45) is -1.21. The van der Waals surface area contributed by atoms with Crippen molar-refractivity contribution in [2.24, 2.45) is 0 Å². The lowest BCUT2D eigenvalue weighted by molar-refractivity contribution is -0.127. The van der Waals surface area contributed by atoms with Crippen LogP contribution in [-0.2, 0) is 12.8 Å². The van der Waals surface area contributed by atoms with Crippen LogP contribution in [0.5, 0.6) is 0 Å². The molecule has 0 bridgehead atoms. The summed E-state index contributed by atoms with van der Waals surface area (Å²) in [7, 11) is 0. The predicted molar refractivity (Wildman–Crippen MR) is 65.8 cm³/mol. The van der Waals surface area contributed by atoms with E-state index in [1.54, 1.807) is 0 Å². The Hall–Kier alpha value is -0.620. The van der Waals surface area contributed by atoms with Gasteiger partial charge in [-0.15, -0.1) is 11.3 Å². The Bertz CT molecular complexity index is 401. The van der Waals surface area contributed by atoms with Gasteiger partial charge in [0.25, 0.3) is 0 Å². The van der Waals surface area contributed by atoms with E-state index in [2.05, 4.69) is 17.2 Å². The van der Waals surface area contributed by atoms with Crippen LogP contribution in [0.4, 0.5) is 13.2 Å². The van der Waals surface area contributed by atoms with Gasteiger partial charge in [0.2, 0.25) is 0 Å². The molecule has 0 aromatic carbocycles. The Labute approximate surface area is 109 Å². The minimum Gasteiger partial charge on any atom is -0.309 e. The molecule has 1 N–H and O–H groups in total. The molecule has 1 atom stereocenters. The van der Waals surface area contributed by atoms with Crippen molar-refractivity contribution in [2.75, 3.05) is 6.54 Å². The maximum absolute atomic E-state index is 12.4. The average Bonchev–Trinajstić information content (AvgIpc) is 2.66. The highest BCUT2D eigenvalue weighted by Gasteiger charge is 2.32. The van der Waals surface area contributed by atoms with Crippen molar-refractivity contribution in [1.82, 2.24) is 10.3 Å². The molecule has 18 heavy (non-hydrogen) atoms. The van der Waals surface area contributed by atoms with E-state index in [4.69, 9.17) is 0 Å². The summed E-state index contributed by atoms with van der Waals surface area (Å²) in [5, 5.41) is 3.60. The molecule has 6 heteroatoms. The molecule has 1 aliphatic carbocycles. The first-order chi connectivity index (χ1) is 8.49. The third-order valence-corrected chi connectivity index (χ3v) is 4.20. The number of nitrogens with one attached hydrogen (secondary N) is 1. The predicted octanol–water partition coefficient (Wildman–Crippen LogP) is 3.62. The highest BCUT2D eigenvalue weighted by molar-refractivity contribution is 7.11. The van der Waals surface area contributed by atoms with Crippen LogP contribution >= 0.6 is 11.3 Å². The summed E-state index contributed by atoms with van der Waals surface area (Å²) in [5.74, 6) is 0. The van der Waals surface area contributed by atoms with E-state index in [9.17, 15) is 13.2 Å². The van der Waals surface area contributed by atoms with E-state index in [1.165, 1.54) is 11.3 Å². The third-order valence-electron chi connectivity index (χ3n) is 2.99. The number of nitrogens with zero attached hydrogens (tertiary/aromatic N) is 1. The molecule has 102 valence electrons. The van der Waals surface area contributed by atoms with Gasteiger partial charge in [0.05, 0.1) is 12.1 Å². The Morgan fingerprint density at radius 1 is 1.44 bits per heavy atom. The van der Waals surface area contributed by atoms with Crippen molar-refractivity contribution in [1.29, 1.82) is 0 Å². The van der Waals surface area contributed by atoms with Crippen molar-refractivity contribution in [3.05, 3.63) is 15.6 Å². The largest absolute Gasteiger partial charge is 0.395 e. The Kier molecular flexibility index (Phi) is 4.27. The molecule has 0 saturated carbocycles. The van der Waals surface area contributed by atoms with Gasteiger partial charge in [0.15, 0.2) is 0 Å². The Morgan fingerprint density at radius 3 is 2.89 bits per heavy atom. The van der Waals surface area contributed by atoms with Crippen LogP contribution in [0.1, 0.15) is 47.8 Å². The maximum Gasteiger partial charge on any atom is 0.395 e. The van der Waals surface area contributed by atoms with Gasteiger partial charge in [-0.05, 0) is 32.2 Å². The summed E-state index contributed by atoms with van der Waals surface area (Å²) in [6.45, 7) is 2.98. The van der Waals surface area contributed by atoms with E-state index in [0.29, 0.717) is 0 Å². The fourth-order valence-electron chi connectivity index (χ4n) is 2.23. The lowest BCUT2D eigenvalue weighted by Gasteiger charge is -2.22. The summed E-state index contributed by atoms with van der Waals surface area (Å²) < 4.78 is 37.1. The molecule has 2 nitrogen and oxygen atoms in total. The molecule has 0 fully saturated rings. The van der Waals surface area contributed by atoms with E-state index in [0.717, 1.165) is 42.8 Å². The molecule has 0 aliphatic heterocycles. The van der Waals surface area contributed by atoms with Crippen molar-refractivity contribution in [2.45, 2.75) is 51.2 Å². The SMILES string of the molecule is CCCNC1CCCc2nc(CC(F)(F)F)sc21. The highest BCUT2D eigenvalue weighted by Crippen LogP contribution is 2.36. The van der Waals surface area contributed by atoms with Crippen molar-refractivity contribution >= 4 is 11.3 Å². The Balaban J connectivity index is 2.13. The van der Waals surface area contributed by atoms with Gasteiger partial charge < -0.3 is 5.32 Å².